The Kier molecular flexibility index (Phi) is 3.60. The normalized spacial score (nSPS) is 18.9. The predicted octanol–water partition coefficient (Wildman–Crippen LogP) is 4.55. The van der Waals surface area contributed by atoms with Crippen molar-refractivity contribution in [1.29, 1.82) is 0 Å². The molecular formula is C19H23NS. The van der Waals surface area contributed by atoms with E-state index >= 15 is 0 Å². The van der Waals surface area contributed by atoms with Gasteiger partial charge in [-0.3, -0.25) is 0 Å². The highest BCUT2D eigenvalue weighted by Crippen LogP contribution is 2.35. The average molecular weight is 297 g/mol. The van der Waals surface area contributed by atoms with E-state index < -0.39 is 0 Å². The fourth-order valence-electron chi connectivity index (χ4n) is 3.78. The summed E-state index contributed by atoms with van der Waals surface area (Å²) in [7, 11) is 0. The molecule has 1 heterocycles. The Bertz CT molecular complexity index is 632. The van der Waals surface area contributed by atoms with Crippen LogP contribution in [0.4, 0.5) is 0 Å². The van der Waals surface area contributed by atoms with Gasteiger partial charge in [0, 0.05) is 9.75 Å². The molecule has 2 aromatic rings. The third-order valence-electron chi connectivity index (χ3n) is 5.05. The maximum Gasteiger partial charge on any atom is 0.0646 e. The molecule has 21 heavy (non-hydrogen) atoms. The van der Waals surface area contributed by atoms with Crippen LogP contribution in [0.2, 0.25) is 0 Å². The molecule has 1 aromatic heterocycles. The molecule has 2 heteroatoms. The van der Waals surface area contributed by atoms with Crippen LogP contribution in [0.25, 0.3) is 0 Å². The topological polar surface area (TPSA) is 26.0 Å². The van der Waals surface area contributed by atoms with Crippen molar-refractivity contribution in [2.24, 2.45) is 5.73 Å². The highest BCUT2D eigenvalue weighted by atomic mass is 32.1. The van der Waals surface area contributed by atoms with E-state index in [1.807, 2.05) is 11.3 Å². The first-order valence-corrected chi connectivity index (χ1v) is 9.12. The molecule has 1 nitrogen and oxygen atoms in total. The molecule has 110 valence electrons. The number of hydrogen-bond acceptors (Lipinski definition) is 2. The van der Waals surface area contributed by atoms with Gasteiger partial charge in [-0.25, -0.2) is 0 Å². The Labute approximate surface area is 131 Å². The third-order valence-corrected chi connectivity index (χ3v) is 6.37. The lowest BCUT2D eigenvalue weighted by molar-refractivity contribution is 0.683. The van der Waals surface area contributed by atoms with Crippen LogP contribution in [-0.2, 0) is 25.7 Å². The Hall–Kier alpha value is -1.12. The molecule has 2 N–H and O–H groups in total. The number of hydrogen-bond donors (Lipinski definition) is 1. The van der Waals surface area contributed by atoms with Crippen molar-refractivity contribution in [3.8, 4) is 0 Å². The minimum atomic E-state index is 0.0628. The van der Waals surface area contributed by atoms with E-state index in [1.165, 1.54) is 67.4 Å². The molecule has 0 aliphatic heterocycles. The first kappa shape index (κ1) is 13.5. The quantitative estimate of drug-likeness (QED) is 0.864. The van der Waals surface area contributed by atoms with Crippen LogP contribution in [0.15, 0.2) is 24.3 Å². The predicted molar refractivity (Wildman–Crippen MR) is 90.1 cm³/mol. The van der Waals surface area contributed by atoms with E-state index in [0.29, 0.717) is 0 Å². The molecule has 0 saturated heterocycles. The van der Waals surface area contributed by atoms with Crippen LogP contribution in [0.3, 0.4) is 0 Å². The van der Waals surface area contributed by atoms with Gasteiger partial charge in [-0.2, -0.15) is 0 Å². The van der Waals surface area contributed by atoms with Gasteiger partial charge < -0.3 is 5.73 Å². The summed E-state index contributed by atoms with van der Waals surface area (Å²) >= 11 is 1.95. The van der Waals surface area contributed by atoms with Gasteiger partial charge in [0.15, 0.2) is 0 Å². The van der Waals surface area contributed by atoms with Gasteiger partial charge in [-0.15, -0.1) is 11.3 Å². The van der Waals surface area contributed by atoms with Crippen LogP contribution in [0.5, 0.6) is 0 Å². The van der Waals surface area contributed by atoms with Crippen LogP contribution in [-0.4, -0.2) is 0 Å². The zero-order chi connectivity index (χ0) is 14.2. The minimum Gasteiger partial charge on any atom is -0.320 e. The van der Waals surface area contributed by atoms with Crippen molar-refractivity contribution in [3.63, 3.8) is 0 Å². The zero-order valence-corrected chi connectivity index (χ0v) is 13.3. The number of thiophene rings is 1. The molecule has 2 aliphatic carbocycles. The molecule has 0 spiro atoms. The van der Waals surface area contributed by atoms with Crippen molar-refractivity contribution in [1.82, 2.24) is 0 Å². The number of nitrogens with two attached hydrogens (primary N) is 1. The molecule has 0 bridgehead atoms. The second-order valence-electron chi connectivity index (χ2n) is 6.52. The molecule has 2 aliphatic rings. The number of aryl methyl sites for hydroxylation is 4. The lowest BCUT2D eigenvalue weighted by Crippen LogP contribution is -2.12. The maximum absolute atomic E-state index is 6.57. The smallest absolute Gasteiger partial charge is 0.0646 e. The number of rotatable bonds is 2. The first-order chi connectivity index (χ1) is 10.3. The van der Waals surface area contributed by atoms with E-state index in [2.05, 4.69) is 24.3 Å². The van der Waals surface area contributed by atoms with E-state index in [-0.39, 0.29) is 6.04 Å². The molecule has 0 radical (unpaired) electrons. The molecule has 0 saturated carbocycles. The van der Waals surface area contributed by atoms with Gasteiger partial charge in [0.05, 0.1) is 6.04 Å². The maximum atomic E-state index is 6.57. The van der Waals surface area contributed by atoms with E-state index in [0.717, 1.165) is 0 Å². The standard InChI is InChI=1S/C19H23NS/c20-19(18-12-15-7-3-4-8-17(15)21-18)16-10-9-13-5-1-2-6-14(13)11-16/h9-12,19H,1-8,20H2. The SMILES string of the molecule is NC(c1ccc2c(c1)CCCC2)c1cc2c(s1)CCCC2. The zero-order valence-electron chi connectivity index (χ0n) is 12.5. The van der Waals surface area contributed by atoms with Gasteiger partial charge in [0.25, 0.3) is 0 Å². The number of benzene rings is 1. The second kappa shape index (κ2) is 5.58. The molecular weight excluding hydrogens is 274 g/mol. The largest absolute Gasteiger partial charge is 0.320 e. The summed E-state index contributed by atoms with van der Waals surface area (Å²) in [5.41, 5.74) is 12.5. The van der Waals surface area contributed by atoms with Crippen molar-refractivity contribution >= 4 is 11.3 Å². The van der Waals surface area contributed by atoms with E-state index in [9.17, 15) is 0 Å². The summed E-state index contributed by atoms with van der Waals surface area (Å²) in [6.07, 6.45) is 10.4. The van der Waals surface area contributed by atoms with Crippen LogP contribution in [0, 0.1) is 0 Å². The third kappa shape index (κ3) is 2.56. The summed E-state index contributed by atoms with van der Waals surface area (Å²) in [5, 5.41) is 0. The molecule has 0 fully saturated rings. The van der Waals surface area contributed by atoms with Crippen molar-refractivity contribution in [2.75, 3.05) is 0 Å². The fourth-order valence-corrected chi connectivity index (χ4v) is 5.07. The molecule has 1 aromatic carbocycles. The summed E-state index contributed by atoms with van der Waals surface area (Å²) < 4.78 is 0. The van der Waals surface area contributed by atoms with E-state index in [1.54, 1.807) is 16.0 Å². The second-order valence-corrected chi connectivity index (χ2v) is 7.69. The van der Waals surface area contributed by atoms with E-state index in [4.69, 9.17) is 5.73 Å². The van der Waals surface area contributed by atoms with Gasteiger partial charge >= 0.3 is 0 Å². The molecule has 0 amide bonds. The first-order valence-electron chi connectivity index (χ1n) is 8.30. The van der Waals surface area contributed by atoms with Crippen molar-refractivity contribution < 1.29 is 0 Å². The summed E-state index contributed by atoms with van der Waals surface area (Å²) in [6.45, 7) is 0. The Balaban J connectivity index is 1.64. The highest BCUT2D eigenvalue weighted by molar-refractivity contribution is 7.12. The monoisotopic (exact) mass is 297 g/mol. The highest BCUT2D eigenvalue weighted by Gasteiger charge is 2.19. The Morgan fingerprint density at radius 2 is 1.52 bits per heavy atom. The average Bonchev–Trinajstić information content (AvgIpc) is 2.97. The fraction of sp³-hybridized carbons (Fsp3) is 0.474. The summed E-state index contributed by atoms with van der Waals surface area (Å²) in [6, 6.07) is 9.39. The van der Waals surface area contributed by atoms with Crippen LogP contribution in [0.1, 0.15) is 63.7 Å². The van der Waals surface area contributed by atoms with Crippen LogP contribution >= 0.6 is 11.3 Å². The van der Waals surface area contributed by atoms with Crippen LogP contribution < -0.4 is 5.73 Å². The van der Waals surface area contributed by atoms with Gasteiger partial charge in [-0.1, -0.05) is 18.2 Å². The molecule has 1 unspecified atom stereocenters. The van der Waals surface area contributed by atoms with Crippen molar-refractivity contribution in [2.45, 2.75) is 57.4 Å². The Morgan fingerprint density at radius 3 is 2.33 bits per heavy atom. The summed E-state index contributed by atoms with van der Waals surface area (Å²) in [5.74, 6) is 0. The molecule has 4 rings (SSSR count). The number of fused-ring (bicyclic) bond motifs is 2. The van der Waals surface area contributed by atoms with Crippen molar-refractivity contribution in [3.05, 3.63) is 56.3 Å². The lowest BCUT2D eigenvalue weighted by Gasteiger charge is -2.18. The Morgan fingerprint density at radius 1 is 0.810 bits per heavy atom. The van der Waals surface area contributed by atoms with Gasteiger partial charge in [0.2, 0.25) is 0 Å². The summed E-state index contributed by atoms with van der Waals surface area (Å²) in [4.78, 5) is 2.95. The lowest BCUT2D eigenvalue weighted by atomic mass is 9.89. The van der Waals surface area contributed by atoms with Gasteiger partial charge in [0.1, 0.15) is 0 Å². The minimum absolute atomic E-state index is 0.0628. The molecule has 1 atom stereocenters. The van der Waals surface area contributed by atoms with Gasteiger partial charge in [-0.05, 0) is 79.7 Å².